The van der Waals surface area contributed by atoms with Crippen LogP contribution < -0.4 is 10.6 Å². The highest BCUT2D eigenvalue weighted by molar-refractivity contribution is 7.09. The first-order valence-corrected chi connectivity index (χ1v) is 11.8. The fraction of sp³-hybridized carbons (Fsp3) is 0.810. The van der Waals surface area contributed by atoms with Gasteiger partial charge < -0.3 is 15.5 Å². The van der Waals surface area contributed by atoms with Crippen molar-refractivity contribution in [3.05, 3.63) is 16.1 Å². The van der Waals surface area contributed by atoms with Gasteiger partial charge in [0.25, 0.3) is 0 Å². The Morgan fingerprint density at radius 1 is 1.22 bits per heavy atom. The molecule has 0 aromatic carbocycles. The highest BCUT2D eigenvalue weighted by Crippen LogP contribution is 2.25. The molecule has 1 aromatic heterocycles. The smallest absolute Gasteiger partial charge is 0.191 e. The number of thiazole rings is 1. The van der Waals surface area contributed by atoms with Crippen LogP contribution in [0.4, 0.5) is 0 Å². The van der Waals surface area contributed by atoms with E-state index in [9.17, 15) is 0 Å². The molecule has 6 heteroatoms. The minimum Gasteiger partial charge on any atom is -0.357 e. The molecule has 0 spiro atoms. The summed E-state index contributed by atoms with van der Waals surface area (Å²) in [7, 11) is 0. The van der Waals surface area contributed by atoms with Crippen LogP contribution in [0.1, 0.15) is 82.3 Å². The molecule has 1 aromatic rings. The van der Waals surface area contributed by atoms with E-state index in [2.05, 4.69) is 41.7 Å². The van der Waals surface area contributed by atoms with Crippen LogP contribution in [0.25, 0.3) is 0 Å². The second kappa shape index (κ2) is 10.4. The van der Waals surface area contributed by atoms with Crippen LogP contribution in [0.15, 0.2) is 10.4 Å². The third kappa shape index (κ3) is 6.18. The first-order chi connectivity index (χ1) is 13.2. The monoisotopic (exact) mass is 391 g/mol. The standard InChI is InChI=1S/C21H37N5S/c1-4-22-21(23-14-18-15-27-20(24-18)16(2)3)25-17-10-12-26(13-11-17)19-8-6-5-7-9-19/h15-17,19H,4-14H2,1-3H3,(H2,22,23,25). The Balaban J connectivity index is 1.48. The van der Waals surface area contributed by atoms with Gasteiger partial charge in [0.05, 0.1) is 17.2 Å². The van der Waals surface area contributed by atoms with E-state index in [4.69, 9.17) is 9.98 Å². The van der Waals surface area contributed by atoms with Crippen LogP contribution in [0.3, 0.4) is 0 Å². The summed E-state index contributed by atoms with van der Waals surface area (Å²) in [5, 5.41) is 10.4. The van der Waals surface area contributed by atoms with Crippen molar-refractivity contribution in [2.75, 3.05) is 19.6 Å². The molecule has 152 valence electrons. The average molecular weight is 392 g/mol. The van der Waals surface area contributed by atoms with Crippen molar-refractivity contribution in [3.63, 3.8) is 0 Å². The molecule has 2 heterocycles. The van der Waals surface area contributed by atoms with Gasteiger partial charge in [-0.3, -0.25) is 0 Å². The highest BCUT2D eigenvalue weighted by atomic mass is 32.1. The molecular weight excluding hydrogens is 354 g/mol. The molecule has 1 saturated heterocycles. The number of likely N-dealkylation sites (tertiary alicyclic amines) is 1. The summed E-state index contributed by atoms with van der Waals surface area (Å²) >= 11 is 1.75. The summed E-state index contributed by atoms with van der Waals surface area (Å²) < 4.78 is 0. The van der Waals surface area contributed by atoms with Crippen LogP contribution >= 0.6 is 11.3 Å². The minimum atomic E-state index is 0.494. The quantitative estimate of drug-likeness (QED) is 0.566. The molecule has 27 heavy (non-hydrogen) atoms. The second-order valence-electron chi connectivity index (χ2n) is 8.27. The number of rotatable bonds is 6. The SMILES string of the molecule is CCNC(=NCc1csc(C(C)C)n1)NC1CCN(C2CCCCC2)CC1. The lowest BCUT2D eigenvalue weighted by molar-refractivity contribution is 0.119. The third-order valence-corrected chi connectivity index (χ3v) is 6.96. The van der Waals surface area contributed by atoms with E-state index in [1.165, 1.54) is 63.0 Å². The Labute approximate surface area is 169 Å². The van der Waals surface area contributed by atoms with Gasteiger partial charge in [-0.1, -0.05) is 33.1 Å². The summed E-state index contributed by atoms with van der Waals surface area (Å²) in [5.41, 5.74) is 1.08. The van der Waals surface area contributed by atoms with Gasteiger partial charge in [0.1, 0.15) is 0 Å². The summed E-state index contributed by atoms with van der Waals surface area (Å²) in [4.78, 5) is 12.2. The number of aliphatic imine (C=N–C) groups is 1. The zero-order valence-corrected chi connectivity index (χ0v) is 18.2. The van der Waals surface area contributed by atoms with Gasteiger partial charge in [-0.2, -0.15) is 0 Å². The Bertz CT molecular complexity index is 583. The van der Waals surface area contributed by atoms with E-state index in [0.717, 1.165) is 24.2 Å². The summed E-state index contributed by atoms with van der Waals surface area (Å²) in [6.45, 7) is 10.5. The van der Waals surface area contributed by atoms with Crippen LogP contribution in [-0.2, 0) is 6.54 Å². The van der Waals surface area contributed by atoms with Gasteiger partial charge in [-0.15, -0.1) is 11.3 Å². The third-order valence-electron chi connectivity index (χ3n) is 5.77. The summed E-state index contributed by atoms with van der Waals surface area (Å²) in [6, 6.07) is 1.38. The van der Waals surface area contributed by atoms with E-state index in [0.29, 0.717) is 18.5 Å². The van der Waals surface area contributed by atoms with E-state index in [-0.39, 0.29) is 0 Å². The van der Waals surface area contributed by atoms with Crippen LogP contribution in [0, 0.1) is 0 Å². The second-order valence-corrected chi connectivity index (χ2v) is 9.16. The highest BCUT2D eigenvalue weighted by Gasteiger charge is 2.26. The predicted octanol–water partition coefficient (Wildman–Crippen LogP) is 4.12. The van der Waals surface area contributed by atoms with Crippen molar-refractivity contribution < 1.29 is 0 Å². The number of hydrogen-bond acceptors (Lipinski definition) is 4. The minimum absolute atomic E-state index is 0.494. The number of aromatic nitrogens is 1. The van der Waals surface area contributed by atoms with Crippen molar-refractivity contribution in [2.24, 2.45) is 4.99 Å². The zero-order valence-electron chi connectivity index (χ0n) is 17.3. The van der Waals surface area contributed by atoms with Gasteiger partial charge in [-0.05, 0) is 32.6 Å². The first kappa shape index (κ1) is 20.6. The molecule has 0 unspecified atom stereocenters. The van der Waals surface area contributed by atoms with Crippen molar-refractivity contribution >= 4 is 17.3 Å². The number of guanidine groups is 1. The lowest BCUT2D eigenvalue weighted by Gasteiger charge is -2.39. The topological polar surface area (TPSA) is 52.6 Å². The lowest BCUT2D eigenvalue weighted by atomic mass is 9.92. The van der Waals surface area contributed by atoms with Crippen molar-refractivity contribution in [3.8, 4) is 0 Å². The Hall–Kier alpha value is -1.14. The molecular formula is C21H37N5S. The Morgan fingerprint density at radius 3 is 2.59 bits per heavy atom. The lowest BCUT2D eigenvalue weighted by Crippen LogP contribution is -2.50. The van der Waals surface area contributed by atoms with Crippen LogP contribution in [-0.4, -0.2) is 47.6 Å². The molecule has 0 bridgehead atoms. The van der Waals surface area contributed by atoms with Gasteiger partial charge >= 0.3 is 0 Å². The number of nitrogens with zero attached hydrogens (tertiary/aromatic N) is 3. The molecule has 5 nitrogen and oxygen atoms in total. The molecule has 2 N–H and O–H groups in total. The average Bonchev–Trinajstić information content (AvgIpc) is 3.17. The van der Waals surface area contributed by atoms with E-state index in [1.807, 2.05) is 0 Å². The fourth-order valence-electron chi connectivity index (χ4n) is 4.19. The van der Waals surface area contributed by atoms with E-state index >= 15 is 0 Å². The molecule has 2 aliphatic rings. The molecule has 1 saturated carbocycles. The fourth-order valence-corrected chi connectivity index (χ4v) is 5.02. The molecule has 3 rings (SSSR count). The summed E-state index contributed by atoms with van der Waals surface area (Å²) in [5.74, 6) is 1.43. The number of nitrogens with one attached hydrogen (secondary N) is 2. The maximum atomic E-state index is 4.78. The molecule has 2 fully saturated rings. The summed E-state index contributed by atoms with van der Waals surface area (Å²) in [6.07, 6.45) is 9.55. The molecule has 1 aliphatic heterocycles. The van der Waals surface area contributed by atoms with Gasteiger partial charge in [0.15, 0.2) is 5.96 Å². The molecule has 0 radical (unpaired) electrons. The van der Waals surface area contributed by atoms with E-state index in [1.54, 1.807) is 11.3 Å². The van der Waals surface area contributed by atoms with Crippen molar-refractivity contribution in [2.45, 2.75) is 90.3 Å². The molecule has 1 aliphatic carbocycles. The normalized spacial score (nSPS) is 21.0. The van der Waals surface area contributed by atoms with Crippen LogP contribution in [0.2, 0.25) is 0 Å². The van der Waals surface area contributed by atoms with Gasteiger partial charge in [0, 0.05) is 43.0 Å². The maximum Gasteiger partial charge on any atom is 0.191 e. The van der Waals surface area contributed by atoms with Gasteiger partial charge in [-0.25, -0.2) is 9.98 Å². The van der Waals surface area contributed by atoms with Crippen molar-refractivity contribution in [1.82, 2.24) is 20.5 Å². The largest absolute Gasteiger partial charge is 0.357 e. The predicted molar refractivity (Wildman–Crippen MR) is 116 cm³/mol. The number of hydrogen-bond donors (Lipinski definition) is 2. The van der Waals surface area contributed by atoms with Crippen LogP contribution in [0.5, 0.6) is 0 Å². The molecule has 0 atom stereocenters. The Kier molecular flexibility index (Phi) is 7.94. The first-order valence-electron chi connectivity index (χ1n) is 10.9. The van der Waals surface area contributed by atoms with Crippen molar-refractivity contribution in [1.29, 1.82) is 0 Å². The maximum absolute atomic E-state index is 4.78. The number of piperidine rings is 1. The van der Waals surface area contributed by atoms with E-state index < -0.39 is 0 Å². The zero-order chi connectivity index (χ0) is 19.1. The Morgan fingerprint density at radius 2 is 1.96 bits per heavy atom. The molecule has 0 amide bonds. The van der Waals surface area contributed by atoms with Gasteiger partial charge in [0.2, 0.25) is 0 Å².